The van der Waals surface area contributed by atoms with E-state index in [-0.39, 0.29) is 0 Å². The molecule has 4 heteroatoms. The van der Waals surface area contributed by atoms with E-state index in [2.05, 4.69) is 108 Å². The third-order valence-electron chi connectivity index (χ3n) is 7.11. The van der Waals surface area contributed by atoms with Gasteiger partial charge in [0.1, 0.15) is 0 Å². The van der Waals surface area contributed by atoms with Crippen molar-refractivity contribution in [2.75, 3.05) is 4.90 Å². The fourth-order valence-corrected chi connectivity index (χ4v) is 5.04. The maximum atomic E-state index is 9.72. The largest absolute Gasteiger partial charge is 0.488 e. The molecule has 6 aromatic carbocycles. The molecular formula is C36H28BNO2. The van der Waals surface area contributed by atoms with Crippen LogP contribution in [0, 0.1) is 0 Å². The molecule has 0 amide bonds. The first-order chi connectivity index (χ1) is 19.7. The van der Waals surface area contributed by atoms with Crippen LogP contribution < -0.4 is 10.4 Å². The van der Waals surface area contributed by atoms with Crippen LogP contribution in [0.5, 0.6) is 0 Å². The molecule has 0 spiro atoms. The first-order valence-corrected chi connectivity index (χ1v) is 13.3. The summed E-state index contributed by atoms with van der Waals surface area (Å²) >= 11 is 0. The molecule has 192 valence electrons. The Labute approximate surface area is 235 Å². The zero-order valence-corrected chi connectivity index (χ0v) is 21.9. The van der Waals surface area contributed by atoms with E-state index in [0.717, 1.165) is 50.4 Å². The van der Waals surface area contributed by atoms with Gasteiger partial charge in [-0.15, -0.1) is 0 Å². The van der Waals surface area contributed by atoms with E-state index in [0.29, 0.717) is 5.46 Å². The van der Waals surface area contributed by atoms with Gasteiger partial charge in [-0.2, -0.15) is 0 Å². The highest BCUT2D eigenvalue weighted by Gasteiger charge is 2.20. The van der Waals surface area contributed by atoms with Gasteiger partial charge in [-0.05, 0) is 63.6 Å². The lowest BCUT2D eigenvalue weighted by atomic mass is 9.80. The highest BCUT2D eigenvalue weighted by Crippen LogP contribution is 2.43. The summed E-state index contributed by atoms with van der Waals surface area (Å²) < 4.78 is 0. The molecular weight excluding hydrogens is 489 g/mol. The fraction of sp³-hybridized carbons (Fsp3) is 0. The number of anilines is 3. The van der Waals surface area contributed by atoms with E-state index in [1.165, 1.54) is 0 Å². The Hall–Kier alpha value is -4.90. The van der Waals surface area contributed by atoms with Crippen molar-refractivity contribution in [3.8, 4) is 33.4 Å². The molecule has 0 bridgehead atoms. The van der Waals surface area contributed by atoms with Gasteiger partial charge in [-0.25, -0.2) is 0 Å². The van der Waals surface area contributed by atoms with Gasteiger partial charge in [0.05, 0.1) is 5.69 Å². The summed E-state index contributed by atoms with van der Waals surface area (Å²) in [5, 5.41) is 19.4. The average molecular weight is 517 g/mol. The minimum atomic E-state index is -1.52. The van der Waals surface area contributed by atoms with Crippen molar-refractivity contribution >= 4 is 29.6 Å². The summed E-state index contributed by atoms with van der Waals surface area (Å²) in [4.78, 5) is 2.23. The molecule has 3 nitrogen and oxygen atoms in total. The standard InChI is InChI=1S/C36H28BNO2/c39-37(40)32-19-23-34(24-20-32)38(33-21-16-29(17-22-33)27-10-4-1-5-11-27)36-26-31(28-12-6-2-7-13-28)18-25-35(36)30-14-8-3-9-15-30/h1-26,39-40H. The smallest absolute Gasteiger partial charge is 0.423 e. The molecule has 0 heterocycles. The van der Waals surface area contributed by atoms with Gasteiger partial charge in [-0.3, -0.25) is 0 Å². The lowest BCUT2D eigenvalue weighted by molar-refractivity contribution is 0.426. The van der Waals surface area contributed by atoms with E-state index >= 15 is 0 Å². The van der Waals surface area contributed by atoms with Crippen molar-refractivity contribution in [2.45, 2.75) is 0 Å². The van der Waals surface area contributed by atoms with Crippen molar-refractivity contribution in [1.82, 2.24) is 0 Å². The molecule has 0 atom stereocenters. The molecule has 0 aromatic heterocycles. The molecule has 2 N–H and O–H groups in total. The number of hydrogen-bond acceptors (Lipinski definition) is 3. The zero-order valence-electron chi connectivity index (χ0n) is 21.9. The van der Waals surface area contributed by atoms with E-state index in [4.69, 9.17) is 0 Å². The summed E-state index contributed by atoms with van der Waals surface area (Å²) in [6.07, 6.45) is 0. The van der Waals surface area contributed by atoms with Crippen LogP contribution in [0.2, 0.25) is 0 Å². The van der Waals surface area contributed by atoms with E-state index in [1.807, 2.05) is 42.5 Å². The SMILES string of the molecule is OB(O)c1ccc(N(c2ccc(-c3ccccc3)cc2)c2cc(-c3ccccc3)ccc2-c2ccccc2)cc1. The van der Waals surface area contributed by atoms with Gasteiger partial charge in [0.2, 0.25) is 0 Å². The maximum Gasteiger partial charge on any atom is 0.488 e. The topological polar surface area (TPSA) is 43.7 Å². The van der Waals surface area contributed by atoms with Crippen LogP contribution in [0.1, 0.15) is 0 Å². The third-order valence-corrected chi connectivity index (χ3v) is 7.11. The summed E-state index contributed by atoms with van der Waals surface area (Å²) in [6, 6.07) is 53.7. The Balaban J connectivity index is 1.55. The van der Waals surface area contributed by atoms with Crippen molar-refractivity contribution in [3.05, 3.63) is 158 Å². The number of hydrogen-bond donors (Lipinski definition) is 2. The van der Waals surface area contributed by atoms with Gasteiger partial charge in [0, 0.05) is 16.9 Å². The Morgan fingerprint density at radius 3 is 1.35 bits per heavy atom. The Morgan fingerprint density at radius 2 is 0.825 bits per heavy atom. The van der Waals surface area contributed by atoms with Crippen molar-refractivity contribution in [2.24, 2.45) is 0 Å². The van der Waals surface area contributed by atoms with Gasteiger partial charge in [0.25, 0.3) is 0 Å². The van der Waals surface area contributed by atoms with Crippen LogP contribution in [-0.4, -0.2) is 17.2 Å². The van der Waals surface area contributed by atoms with E-state index in [9.17, 15) is 10.0 Å². The maximum absolute atomic E-state index is 9.72. The molecule has 0 aliphatic carbocycles. The number of benzene rings is 6. The average Bonchev–Trinajstić information content (AvgIpc) is 3.03. The van der Waals surface area contributed by atoms with Crippen molar-refractivity contribution in [1.29, 1.82) is 0 Å². The van der Waals surface area contributed by atoms with E-state index in [1.54, 1.807) is 12.1 Å². The summed E-state index contributed by atoms with van der Waals surface area (Å²) in [7, 11) is -1.52. The Kier molecular flexibility index (Phi) is 7.27. The van der Waals surface area contributed by atoms with Gasteiger partial charge >= 0.3 is 7.12 Å². The monoisotopic (exact) mass is 517 g/mol. The first-order valence-electron chi connectivity index (χ1n) is 13.3. The van der Waals surface area contributed by atoms with Crippen LogP contribution in [0.25, 0.3) is 33.4 Å². The van der Waals surface area contributed by atoms with Crippen LogP contribution in [0.15, 0.2) is 158 Å². The van der Waals surface area contributed by atoms with Gasteiger partial charge in [-0.1, -0.05) is 127 Å². The highest BCUT2D eigenvalue weighted by atomic mass is 16.4. The quantitative estimate of drug-likeness (QED) is 0.212. The highest BCUT2D eigenvalue weighted by molar-refractivity contribution is 6.58. The van der Waals surface area contributed by atoms with Gasteiger partial charge < -0.3 is 14.9 Å². The molecule has 6 aromatic rings. The minimum absolute atomic E-state index is 0.449. The molecule has 0 radical (unpaired) electrons. The van der Waals surface area contributed by atoms with Crippen molar-refractivity contribution < 1.29 is 10.0 Å². The van der Waals surface area contributed by atoms with Crippen molar-refractivity contribution in [3.63, 3.8) is 0 Å². The lowest BCUT2D eigenvalue weighted by Gasteiger charge is -2.29. The van der Waals surface area contributed by atoms with Crippen LogP contribution >= 0.6 is 0 Å². The normalized spacial score (nSPS) is 10.8. The molecule has 0 saturated carbocycles. The molecule has 40 heavy (non-hydrogen) atoms. The molecule has 0 aliphatic heterocycles. The van der Waals surface area contributed by atoms with Crippen LogP contribution in [-0.2, 0) is 0 Å². The zero-order chi connectivity index (χ0) is 27.3. The molecule has 0 aliphatic rings. The molecule has 0 unspecified atom stereocenters. The summed E-state index contributed by atoms with van der Waals surface area (Å²) in [6.45, 7) is 0. The molecule has 0 fully saturated rings. The molecule has 0 saturated heterocycles. The Bertz CT molecular complexity index is 1690. The minimum Gasteiger partial charge on any atom is -0.423 e. The number of rotatable bonds is 7. The lowest BCUT2D eigenvalue weighted by Crippen LogP contribution is -2.29. The fourth-order valence-electron chi connectivity index (χ4n) is 5.04. The first kappa shape index (κ1) is 25.4. The predicted molar refractivity (Wildman–Crippen MR) is 167 cm³/mol. The number of nitrogens with zero attached hydrogens (tertiary/aromatic N) is 1. The van der Waals surface area contributed by atoms with E-state index < -0.39 is 7.12 Å². The summed E-state index contributed by atoms with van der Waals surface area (Å²) in [5.41, 5.74) is 10.2. The molecule has 6 rings (SSSR count). The second kappa shape index (κ2) is 11.5. The second-order valence-corrected chi connectivity index (χ2v) is 9.68. The van der Waals surface area contributed by atoms with Gasteiger partial charge in [0.15, 0.2) is 0 Å². The summed E-state index contributed by atoms with van der Waals surface area (Å²) in [5.74, 6) is 0. The third kappa shape index (κ3) is 5.32. The van der Waals surface area contributed by atoms with Crippen LogP contribution in [0.3, 0.4) is 0 Å². The predicted octanol–water partition coefficient (Wildman–Crippen LogP) is 7.84. The van der Waals surface area contributed by atoms with Crippen LogP contribution in [0.4, 0.5) is 17.1 Å². The Morgan fingerprint density at radius 1 is 0.400 bits per heavy atom. The second-order valence-electron chi connectivity index (χ2n) is 9.68.